The summed E-state index contributed by atoms with van der Waals surface area (Å²) in [4.78, 5) is 19.7. The van der Waals surface area contributed by atoms with Crippen LogP contribution >= 0.6 is 11.8 Å². The number of nitriles is 1. The highest BCUT2D eigenvalue weighted by molar-refractivity contribution is 8.00. The third-order valence-electron chi connectivity index (χ3n) is 4.60. The number of fused-ring (bicyclic) bond motifs is 1. The van der Waals surface area contributed by atoms with Gasteiger partial charge in [0.1, 0.15) is 11.1 Å². The van der Waals surface area contributed by atoms with Crippen LogP contribution < -0.4 is 4.90 Å². The lowest BCUT2D eigenvalue weighted by atomic mass is 10.2. The average Bonchev–Trinajstić information content (AvgIpc) is 3.10. The Morgan fingerprint density at radius 1 is 1.31 bits per heavy atom. The molecule has 1 atom stereocenters. The van der Waals surface area contributed by atoms with Crippen molar-refractivity contribution in [3.8, 4) is 6.07 Å². The fourth-order valence-corrected chi connectivity index (χ4v) is 4.31. The molecule has 1 amide bonds. The molecule has 0 spiro atoms. The van der Waals surface area contributed by atoms with Gasteiger partial charge in [-0.3, -0.25) is 4.79 Å². The molecule has 5 heteroatoms. The molecule has 0 radical (unpaired) electrons. The van der Waals surface area contributed by atoms with Gasteiger partial charge in [-0.25, -0.2) is 4.98 Å². The van der Waals surface area contributed by atoms with Crippen LogP contribution in [0.2, 0.25) is 0 Å². The van der Waals surface area contributed by atoms with Crippen LogP contribution in [0.5, 0.6) is 0 Å². The molecule has 4 nitrogen and oxygen atoms in total. The zero-order valence-corrected chi connectivity index (χ0v) is 16.1. The van der Waals surface area contributed by atoms with Crippen molar-refractivity contribution in [3.05, 3.63) is 53.2 Å². The molecule has 1 aliphatic heterocycles. The SMILES string of the molecule is CCCc1ccc(C#N)c(SC(CC)C(=O)N2CCc3ccccc32)n1. The van der Waals surface area contributed by atoms with Crippen LogP contribution in [0.3, 0.4) is 0 Å². The maximum absolute atomic E-state index is 13.1. The minimum absolute atomic E-state index is 0.106. The maximum atomic E-state index is 13.1. The smallest absolute Gasteiger partial charge is 0.240 e. The highest BCUT2D eigenvalue weighted by Crippen LogP contribution is 2.33. The molecule has 0 fully saturated rings. The third kappa shape index (κ3) is 3.76. The topological polar surface area (TPSA) is 57.0 Å². The molecule has 1 aliphatic rings. The van der Waals surface area contributed by atoms with Gasteiger partial charge in [0.25, 0.3) is 0 Å². The van der Waals surface area contributed by atoms with Crippen LogP contribution in [-0.2, 0) is 17.6 Å². The van der Waals surface area contributed by atoms with E-state index in [0.29, 0.717) is 17.0 Å². The summed E-state index contributed by atoms with van der Waals surface area (Å²) in [6, 6.07) is 14.0. The summed E-state index contributed by atoms with van der Waals surface area (Å²) in [6.45, 7) is 4.85. The number of pyridine rings is 1. The molecule has 134 valence electrons. The van der Waals surface area contributed by atoms with E-state index in [4.69, 9.17) is 0 Å². The second-order valence-corrected chi connectivity index (χ2v) is 7.59. The summed E-state index contributed by atoms with van der Waals surface area (Å²) in [5, 5.41) is 9.84. The van der Waals surface area contributed by atoms with Gasteiger partial charge in [-0.05, 0) is 43.0 Å². The van der Waals surface area contributed by atoms with Crippen molar-refractivity contribution in [1.29, 1.82) is 5.26 Å². The molecule has 0 saturated carbocycles. The van der Waals surface area contributed by atoms with E-state index in [1.54, 1.807) is 0 Å². The molecular formula is C21H23N3OS. The third-order valence-corrected chi connectivity index (χ3v) is 5.95. The van der Waals surface area contributed by atoms with Gasteiger partial charge in [0.2, 0.25) is 5.91 Å². The number of para-hydroxylation sites is 1. The summed E-state index contributed by atoms with van der Waals surface area (Å²) >= 11 is 1.42. The molecule has 0 N–H and O–H groups in total. The van der Waals surface area contributed by atoms with E-state index in [2.05, 4.69) is 24.0 Å². The van der Waals surface area contributed by atoms with E-state index in [9.17, 15) is 10.1 Å². The number of carbonyl (C=O) groups is 1. The second kappa shape index (κ2) is 8.37. The number of hydrogen-bond acceptors (Lipinski definition) is 4. The zero-order valence-electron chi connectivity index (χ0n) is 15.2. The second-order valence-electron chi connectivity index (χ2n) is 6.40. The quantitative estimate of drug-likeness (QED) is 0.714. The number of aryl methyl sites for hydroxylation is 1. The van der Waals surface area contributed by atoms with Gasteiger partial charge in [-0.15, -0.1) is 0 Å². The van der Waals surface area contributed by atoms with Gasteiger partial charge in [0.15, 0.2) is 0 Å². The van der Waals surface area contributed by atoms with Gasteiger partial charge in [0.05, 0.1) is 10.8 Å². The van der Waals surface area contributed by atoms with E-state index < -0.39 is 0 Å². The Labute approximate surface area is 159 Å². The Bertz CT molecular complexity index is 843. The molecular weight excluding hydrogens is 342 g/mol. The predicted octanol–water partition coefficient (Wildman–Crippen LogP) is 4.37. The van der Waals surface area contributed by atoms with Crippen molar-refractivity contribution >= 4 is 23.4 Å². The lowest BCUT2D eigenvalue weighted by Gasteiger charge is -2.23. The number of carbonyl (C=O) groups excluding carboxylic acids is 1. The van der Waals surface area contributed by atoms with Crippen LogP contribution in [-0.4, -0.2) is 22.7 Å². The van der Waals surface area contributed by atoms with Crippen LogP contribution in [0.4, 0.5) is 5.69 Å². The number of hydrogen-bond donors (Lipinski definition) is 0. The Hall–Kier alpha value is -2.32. The van der Waals surface area contributed by atoms with E-state index in [1.807, 2.05) is 42.2 Å². The molecule has 0 aliphatic carbocycles. The number of aromatic nitrogens is 1. The summed E-state index contributed by atoms with van der Waals surface area (Å²) in [7, 11) is 0. The van der Waals surface area contributed by atoms with Crippen LogP contribution in [0, 0.1) is 11.3 Å². The first-order valence-corrected chi connectivity index (χ1v) is 10.0. The van der Waals surface area contributed by atoms with Crippen LogP contribution in [0.1, 0.15) is 43.5 Å². The molecule has 1 aromatic heterocycles. The van der Waals surface area contributed by atoms with Crippen molar-refractivity contribution < 1.29 is 4.79 Å². The number of benzene rings is 1. The largest absolute Gasteiger partial charge is 0.311 e. The summed E-state index contributed by atoms with van der Waals surface area (Å²) in [5.74, 6) is 0.106. The number of amides is 1. The molecule has 2 aromatic rings. The fourth-order valence-electron chi connectivity index (χ4n) is 3.23. The molecule has 26 heavy (non-hydrogen) atoms. The summed E-state index contributed by atoms with van der Waals surface area (Å²) in [6.07, 6.45) is 3.48. The van der Waals surface area contributed by atoms with Crippen LogP contribution in [0.15, 0.2) is 41.4 Å². The monoisotopic (exact) mass is 365 g/mol. The molecule has 1 aromatic carbocycles. The number of nitrogens with zero attached hydrogens (tertiary/aromatic N) is 3. The van der Waals surface area contributed by atoms with Crippen molar-refractivity contribution in [2.75, 3.05) is 11.4 Å². The predicted molar refractivity (Wildman–Crippen MR) is 105 cm³/mol. The highest BCUT2D eigenvalue weighted by atomic mass is 32.2. The molecule has 0 bridgehead atoms. The van der Waals surface area contributed by atoms with E-state index >= 15 is 0 Å². The molecule has 1 unspecified atom stereocenters. The van der Waals surface area contributed by atoms with Gasteiger partial charge in [-0.2, -0.15) is 5.26 Å². The summed E-state index contributed by atoms with van der Waals surface area (Å²) in [5.41, 5.74) is 3.76. The van der Waals surface area contributed by atoms with Gasteiger partial charge < -0.3 is 4.90 Å². The van der Waals surface area contributed by atoms with E-state index in [-0.39, 0.29) is 11.2 Å². The normalized spacial score (nSPS) is 14.0. The maximum Gasteiger partial charge on any atom is 0.240 e. The molecule has 2 heterocycles. The first-order valence-electron chi connectivity index (χ1n) is 9.13. The van der Waals surface area contributed by atoms with Gasteiger partial charge in [0, 0.05) is 17.9 Å². The van der Waals surface area contributed by atoms with Gasteiger partial charge in [-0.1, -0.05) is 50.2 Å². The average molecular weight is 366 g/mol. The standard InChI is InChI=1S/C21H23N3OS/c1-3-7-17-11-10-16(14-22)20(23-17)26-19(4-2)21(25)24-13-12-15-8-5-6-9-18(15)24/h5-6,8-11,19H,3-4,7,12-13H2,1-2H3. The van der Waals surface area contributed by atoms with Gasteiger partial charge >= 0.3 is 0 Å². The Kier molecular flexibility index (Phi) is 5.95. The van der Waals surface area contributed by atoms with E-state index in [1.165, 1.54) is 17.3 Å². The first-order chi connectivity index (χ1) is 12.7. The summed E-state index contributed by atoms with van der Waals surface area (Å²) < 4.78 is 0. The highest BCUT2D eigenvalue weighted by Gasteiger charge is 2.30. The Morgan fingerprint density at radius 3 is 2.85 bits per heavy atom. The number of anilines is 1. The van der Waals surface area contributed by atoms with Crippen molar-refractivity contribution in [1.82, 2.24) is 4.98 Å². The van der Waals surface area contributed by atoms with Crippen molar-refractivity contribution in [3.63, 3.8) is 0 Å². The number of thioether (sulfide) groups is 1. The Balaban J connectivity index is 1.83. The fraction of sp³-hybridized carbons (Fsp3) is 0.381. The van der Waals surface area contributed by atoms with Crippen molar-refractivity contribution in [2.24, 2.45) is 0 Å². The number of rotatable bonds is 6. The zero-order chi connectivity index (χ0) is 18.5. The van der Waals surface area contributed by atoms with Crippen molar-refractivity contribution in [2.45, 2.75) is 49.8 Å². The van der Waals surface area contributed by atoms with Crippen LogP contribution in [0.25, 0.3) is 0 Å². The minimum Gasteiger partial charge on any atom is -0.311 e. The molecule has 0 saturated heterocycles. The lowest BCUT2D eigenvalue weighted by molar-refractivity contribution is -0.118. The Morgan fingerprint density at radius 2 is 2.12 bits per heavy atom. The van der Waals surface area contributed by atoms with E-state index in [0.717, 1.165) is 37.2 Å². The molecule has 3 rings (SSSR count). The minimum atomic E-state index is -0.238. The first kappa shape index (κ1) is 18.5. The lowest BCUT2D eigenvalue weighted by Crippen LogP contribution is -2.36.